The Morgan fingerprint density at radius 3 is 2.82 bits per heavy atom. The Hall–Kier alpha value is -1.40. The van der Waals surface area contributed by atoms with Gasteiger partial charge in [0.05, 0.1) is 26.9 Å². The molecular weight excluding hydrogens is 242 g/mol. The van der Waals surface area contributed by atoms with E-state index in [0.717, 1.165) is 4.88 Å². The van der Waals surface area contributed by atoms with Gasteiger partial charge in [0.15, 0.2) is 5.41 Å². The summed E-state index contributed by atoms with van der Waals surface area (Å²) < 4.78 is 9.60. The zero-order chi connectivity index (χ0) is 12.3. The minimum absolute atomic E-state index is 0.0932. The summed E-state index contributed by atoms with van der Waals surface area (Å²) in [5.74, 6) is -0.864. The maximum Gasteiger partial charge on any atom is 0.326 e. The largest absolute Gasteiger partial charge is 0.468 e. The van der Waals surface area contributed by atoms with Crippen LogP contribution in [0.4, 0.5) is 0 Å². The van der Waals surface area contributed by atoms with Crippen LogP contribution in [0, 0.1) is 5.41 Å². The molecule has 2 heterocycles. The van der Waals surface area contributed by atoms with E-state index in [2.05, 4.69) is 10.1 Å². The van der Waals surface area contributed by atoms with Crippen molar-refractivity contribution >= 4 is 23.2 Å². The van der Waals surface area contributed by atoms with Gasteiger partial charge in [0, 0.05) is 4.88 Å². The topological polar surface area (TPSA) is 64.6 Å². The lowest BCUT2D eigenvalue weighted by Gasteiger charge is -2.36. The fourth-order valence-electron chi connectivity index (χ4n) is 1.59. The van der Waals surface area contributed by atoms with E-state index in [1.807, 2.05) is 17.5 Å². The number of hydrogen-bond acceptors (Lipinski definition) is 5. The van der Waals surface area contributed by atoms with Crippen LogP contribution in [0.1, 0.15) is 4.88 Å². The number of amides is 1. The monoisotopic (exact) mass is 255 g/mol. The maximum atomic E-state index is 12.0. The number of carbonyl (C=O) groups is 2. The van der Waals surface area contributed by atoms with Gasteiger partial charge in [0.2, 0.25) is 5.91 Å². The summed E-state index contributed by atoms with van der Waals surface area (Å²) in [6.07, 6.45) is 0. The van der Waals surface area contributed by atoms with Crippen molar-refractivity contribution in [3.63, 3.8) is 0 Å². The molecule has 0 atom stereocenters. The highest BCUT2D eigenvalue weighted by Crippen LogP contribution is 2.29. The number of carbonyl (C=O) groups excluding carboxylic acids is 2. The lowest BCUT2D eigenvalue weighted by atomic mass is 9.85. The molecule has 0 spiro atoms. The number of hydrogen-bond donors (Lipinski definition) is 1. The third kappa shape index (κ3) is 2.18. The molecule has 1 amide bonds. The predicted octanol–water partition coefficient (Wildman–Crippen LogP) is 0.554. The van der Waals surface area contributed by atoms with E-state index in [0.29, 0.717) is 6.54 Å². The van der Waals surface area contributed by atoms with E-state index in [9.17, 15) is 9.59 Å². The van der Waals surface area contributed by atoms with E-state index >= 15 is 0 Å². The molecule has 2 rings (SSSR count). The highest BCUT2D eigenvalue weighted by Gasteiger charge is 2.53. The minimum atomic E-state index is -1.15. The molecule has 0 radical (unpaired) electrons. The van der Waals surface area contributed by atoms with Crippen LogP contribution in [0.3, 0.4) is 0 Å². The van der Waals surface area contributed by atoms with Gasteiger partial charge in [0.25, 0.3) is 0 Å². The van der Waals surface area contributed by atoms with Crippen LogP contribution in [-0.2, 0) is 25.6 Å². The molecule has 0 unspecified atom stereocenters. The second-order valence-corrected chi connectivity index (χ2v) is 4.86. The van der Waals surface area contributed by atoms with Gasteiger partial charge in [-0.25, -0.2) is 0 Å². The quantitative estimate of drug-likeness (QED) is 0.630. The van der Waals surface area contributed by atoms with E-state index < -0.39 is 11.4 Å². The molecule has 0 saturated carbocycles. The molecule has 1 N–H and O–H groups in total. The van der Waals surface area contributed by atoms with Crippen LogP contribution >= 0.6 is 11.3 Å². The van der Waals surface area contributed by atoms with Gasteiger partial charge in [0.1, 0.15) is 0 Å². The van der Waals surface area contributed by atoms with Crippen molar-refractivity contribution in [1.29, 1.82) is 0 Å². The molecule has 1 aromatic heterocycles. The molecule has 6 heteroatoms. The lowest BCUT2D eigenvalue weighted by Crippen LogP contribution is -2.59. The molecule has 1 aromatic rings. The van der Waals surface area contributed by atoms with E-state index in [4.69, 9.17) is 4.74 Å². The highest BCUT2D eigenvalue weighted by molar-refractivity contribution is 7.09. The first-order valence-electron chi connectivity index (χ1n) is 5.16. The van der Waals surface area contributed by atoms with Crippen molar-refractivity contribution in [2.45, 2.75) is 6.54 Å². The summed E-state index contributed by atoms with van der Waals surface area (Å²) in [6.45, 7) is 0.612. The van der Waals surface area contributed by atoms with Gasteiger partial charge in [-0.1, -0.05) is 6.07 Å². The van der Waals surface area contributed by atoms with Gasteiger partial charge in [-0.3, -0.25) is 9.59 Å². The third-order valence-electron chi connectivity index (χ3n) is 2.71. The Bertz CT molecular complexity index is 411. The molecular formula is C11H13NO4S. The van der Waals surface area contributed by atoms with Crippen molar-refractivity contribution in [2.75, 3.05) is 20.3 Å². The Morgan fingerprint density at radius 2 is 2.35 bits per heavy atom. The first kappa shape index (κ1) is 12.1. The van der Waals surface area contributed by atoms with Gasteiger partial charge in [-0.2, -0.15) is 0 Å². The summed E-state index contributed by atoms with van der Waals surface area (Å²) in [5, 5.41) is 4.67. The number of rotatable bonds is 4. The van der Waals surface area contributed by atoms with Crippen LogP contribution in [0.15, 0.2) is 17.5 Å². The van der Waals surface area contributed by atoms with E-state index in [1.165, 1.54) is 7.11 Å². The van der Waals surface area contributed by atoms with E-state index in [-0.39, 0.29) is 19.1 Å². The molecule has 1 fully saturated rings. The SMILES string of the molecule is COC(=O)C1(C(=O)NCc2cccs2)COC1. The summed E-state index contributed by atoms with van der Waals surface area (Å²) in [5.41, 5.74) is -1.15. The molecule has 0 aliphatic carbocycles. The zero-order valence-electron chi connectivity index (χ0n) is 9.39. The van der Waals surface area contributed by atoms with Gasteiger partial charge < -0.3 is 14.8 Å². The highest BCUT2D eigenvalue weighted by atomic mass is 32.1. The molecule has 17 heavy (non-hydrogen) atoms. The fourth-order valence-corrected chi connectivity index (χ4v) is 2.24. The number of nitrogens with one attached hydrogen (secondary N) is 1. The smallest absolute Gasteiger partial charge is 0.326 e. The van der Waals surface area contributed by atoms with Crippen molar-refractivity contribution in [3.05, 3.63) is 22.4 Å². The van der Waals surface area contributed by atoms with Gasteiger partial charge in [-0.15, -0.1) is 11.3 Å². The average Bonchev–Trinajstić information content (AvgIpc) is 2.77. The Balaban J connectivity index is 1.96. The summed E-state index contributed by atoms with van der Waals surface area (Å²) in [7, 11) is 1.27. The fraction of sp³-hybridized carbons (Fsp3) is 0.455. The van der Waals surface area contributed by atoms with Crippen molar-refractivity contribution in [3.8, 4) is 0 Å². The van der Waals surface area contributed by atoms with Gasteiger partial charge in [-0.05, 0) is 11.4 Å². The van der Waals surface area contributed by atoms with Crippen LogP contribution in [-0.4, -0.2) is 32.2 Å². The standard InChI is InChI=1S/C11H13NO4S/c1-15-10(14)11(6-16-7-11)9(13)12-5-8-3-2-4-17-8/h2-4H,5-7H2,1H3,(H,12,13). The Kier molecular flexibility index (Phi) is 3.44. The van der Waals surface area contributed by atoms with Crippen molar-refractivity contribution < 1.29 is 19.1 Å². The summed E-state index contributed by atoms with van der Waals surface area (Å²) in [4.78, 5) is 24.6. The van der Waals surface area contributed by atoms with E-state index in [1.54, 1.807) is 11.3 Å². The van der Waals surface area contributed by atoms with Crippen molar-refractivity contribution in [2.24, 2.45) is 5.41 Å². The Labute approximate surface area is 103 Å². The molecule has 1 aliphatic heterocycles. The Morgan fingerprint density at radius 1 is 1.59 bits per heavy atom. The summed E-state index contributed by atoms with van der Waals surface area (Å²) in [6, 6.07) is 3.84. The van der Waals surface area contributed by atoms with Crippen LogP contribution in [0.5, 0.6) is 0 Å². The first-order chi connectivity index (χ1) is 8.19. The predicted molar refractivity (Wildman–Crippen MR) is 61.4 cm³/mol. The molecule has 92 valence electrons. The maximum absolute atomic E-state index is 12.0. The number of ether oxygens (including phenoxy) is 2. The molecule has 5 nitrogen and oxygen atoms in total. The molecule has 0 bridgehead atoms. The minimum Gasteiger partial charge on any atom is -0.468 e. The first-order valence-corrected chi connectivity index (χ1v) is 6.04. The number of thiophene rings is 1. The number of esters is 1. The third-order valence-corrected chi connectivity index (χ3v) is 3.59. The second-order valence-electron chi connectivity index (χ2n) is 3.83. The molecule has 0 aromatic carbocycles. The second kappa shape index (κ2) is 4.85. The van der Waals surface area contributed by atoms with Crippen LogP contribution < -0.4 is 5.32 Å². The normalized spacial score (nSPS) is 17.0. The average molecular weight is 255 g/mol. The lowest BCUT2D eigenvalue weighted by molar-refractivity contribution is -0.188. The zero-order valence-corrected chi connectivity index (χ0v) is 10.2. The molecule has 1 saturated heterocycles. The number of methoxy groups -OCH3 is 1. The van der Waals surface area contributed by atoms with Gasteiger partial charge >= 0.3 is 5.97 Å². The van der Waals surface area contributed by atoms with Crippen molar-refractivity contribution in [1.82, 2.24) is 5.32 Å². The van der Waals surface area contributed by atoms with Crippen LogP contribution in [0.2, 0.25) is 0 Å². The summed E-state index contributed by atoms with van der Waals surface area (Å²) >= 11 is 1.55. The van der Waals surface area contributed by atoms with Crippen LogP contribution in [0.25, 0.3) is 0 Å². The molecule has 1 aliphatic rings.